The number of hydrogen-bond acceptors (Lipinski definition) is 4. The van der Waals surface area contributed by atoms with Gasteiger partial charge in [-0.05, 0) is 38.2 Å². The third kappa shape index (κ3) is 3.98. The van der Waals surface area contributed by atoms with Crippen molar-refractivity contribution in [1.82, 2.24) is 19.7 Å². The third-order valence-electron chi connectivity index (χ3n) is 4.52. The van der Waals surface area contributed by atoms with Gasteiger partial charge in [0, 0.05) is 19.6 Å². The van der Waals surface area contributed by atoms with E-state index in [1.165, 1.54) is 23.7 Å². The van der Waals surface area contributed by atoms with Gasteiger partial charge in [-0.25, -0.2) is 0 Å². The maximum absolute atomic E-state index is 13.0. The van der Waals surface area contributed by atoms with E-state index in [0.717, 1.165) is 31.0 Å². The van der Waals surface area contributed by atoms with Gasteiger partial charge in [-0.15, -0.1) is 10.2 Å². The smallest absolute Gasteiger partial charge is 0.236 e. The average molecular weight is 344 g/mol. The molecule has 1 fully saturated rings. The summed E-state index contributed by atoms with van der Waals surface area (Å²) in [6.45, 7) is 2.83. The molecule has 128 valence electrons. The predicted octanol–water partition coefficient (Wildman–Crippen LogP) is 2.92. The number of amides is 1. The number of aromatic nitrogens is 3. The summed E-state index contributed by atoms with van der Waals surface area (Å²) in [7, 11) is 1.90. The Morgan fingerprint density at radius 1 is 1.33 bits per heavy atom. The number of thioether (sulfide) groups is 1. The Morgan fingerprint density at radius 2 is 2.12 bits per heavy atom. The van der Waals surface area contributed by atoms with E-state index in [9.17, 15) is 4.79 Å². The van der Waals surface area contributed by atoms with Crippen LogP contribution in [0.4, 0.5) is 0 Å². The summed E-state index contributed by atoms with van der Waals surface area (Å²) in [6, 6.07) is 10.8. The van der Waals surface area contributed by atoms with Crippen LogP contribution in [0, 0.1) is 0 Å². The predicted molar refractivity (Wildman–Crippen MR) is 95.8 cm³/mol. The molecule has 5 nitrogen and oxygen atoms in total. The van der Waals surface area contributed by atoms with Gasteiger partial charge in [0.25, 0.3) is 0 Å². The molecule has 1 aromatic heterocycles. The first kappa shape index (κ1) is 17.0. The number of benzene rings is 1. The Kier molecular flexibility index (Phi) is 5.56. The molecule has 1 saturated heterocycles. The zero-order valence-corrected chi connectivity index (χ0v) is 15.1. The number of aryl methyl sites for hydroxylation is 1. The van der Waals surface area contributed by atoms with Crippen LogP contribution in [0.5, 0.6) is 0 Å². The van der Waals surface area contributed by atoms with Gasteiger partial charge in [0.15, 0.2) is 5.16 Å². The Labute approximate surface area is 147 Å². The molecule has 2 atom stereocenters. The molecule has 0 unspecified atom stereocenters. The first-order valence-electron chi connectivity index (χ1n) is 8.50. The zero-order valence-electron chi connectivity index (χ0n) is 14.3. The van der Waals surface area contributed by atoms with E-state index in [2.05, 4.69) is 39.4 Å². The van der Waals surface area contributed by atoms with Crippen molar-refractivity contribution in [2.45, 2.75) is 49.1 Å². The van der Waals surface area contributed by atoms with Crippen LogP contribution in [0.1, 0.15) is 31.7 Å². The van der Waals surface area contributed by atoms with E-state index >= 15 is 0 Å². The van der Waals surface area contributed by atoms with E-state index < -0.39 is 0 Å². The lowest BCUT2D eigenvalue weighted by atomic mass is 9.95. The van der Waals surface area contributed by atoms with Crippen LogP contribution in [-0.2, 0) is 18.3 Å². The number of carbonyl (C=O) groups excluding carboxylic acids is 1. The number of piperidine rings is 1. The van der Waals surface area contributed by atoms with E-state index in [4.69, 9.17) is 0 Å². The van der Waals surface area contributed by atoms with Gasteiger partial charge < -0.3 is 9.47 Å². The summed E-state index contributed by atoms with van der Waals surface area (Å²) in [5.74, 6) is 0.212. The van der Waals surface area contributed by atoms with Crippen LogP contribution in [0.25, 0.3) is 0 Å². The number of nitrogens with zero attached hydrogens (tertiary/aromatic N) is 4. The highest BCUT2D eigenvalue weighted by molar-refractivity contribution is 8.00. The fourth-order valence-corrected chi connectivity index (χ4v) is 4.07. The quantitative estimate of drug-likeness (QED) is 0.783. The van der Waals surface area contributed by atoms with Gasteiger partial charge >= 0.3 is 0 Å². The molecule has 0 radical (unpaired) electrons. The molecule has 1 aliphatic rings. The van der Waals surface area contributed by atoms with Crippen LogP contribution in [-0.4, -0.2) is 43.4 Å². The summed E-state index contributed by atoms with van der Waals surface area (Å²) in [4.78, 5) is 15.1. The van der Waals surface area contributed by atoms with E-state index in [1.807, 2.05) is 24.6 Å². The highest BCUT2D eigenvalue weighted by Gasteiger charge is 2.30. The molecule has 3 rings (SSSR count). The zero-order chi connectivity index (χ0) is 16.9. The molecule has 1 amide bonds. The lowest BCUT2D eigenvalue weighted by Gasteiger charge is -2.37. The topological polar surface area (TPSA) is 51.0 Å². The molecule has 2 aromatic rings. The molecule has 1 aromatic carbocycles. The van der Waals surface area contributed by atoms with Gasteiger partial charge in [-0.2, -0.15) is 0 Å². The summed E-state index contributed by atoms with van der Waals surface area (Å²) in [5.41, 5.74) is 1.30. The fourth-order valence-electron chi connectivity index (χ4n) is 3.21. The van der Waals surface area contributed by atoms with Gasteiger partial charge in [0.2, 0.25) is 5.91 Å². The Balaban J connectivity index is 1.67. The van der Waals surface area contributed by atoms with Crippen molar-refractivity contribution in [3.63, 3.8) is 0 Å². The van der Waals surface area contributed by atoms with Crippen LogP contribution in [0.2, 0.25) is 0 Å². The van der Waals surface area contributed by atoms with Crippen molar-refractivity contribution in [2.24, 2.45) is 7.05 Å². The number of carbonyl (C=O) groups is 1. The van der Waals surface area contributed by atoms with Crippen molar-refractivity contribution in [3.05, 3.63) is 42.2 Å². The van der Waals surface area contributed by atoms with Crippen molar-refractivity contribution in [3.8, 4) is 0 Å². The molecule has 0 spiro atoms. The number of hydrogen-bond donors (Lipinski definition) is 0. The van der Waals surface area contributed by atoms with Crippen LogP contribution < -0.4 is 0 Å². The summed E-state index contributed by atoms with van der Waals surface area (Å²) in [5, 5.41) is 8.60. The van der Waals surface area contributed by atoms with E-state index in [1.54, 1.807) is 6.33 Å². The maximum atomic E-state index is 13.0. The Morgan fingerprint density at radius 3 is 2.83 bits per heavy atom. The average Bonchev–Trinajstić information content (AvgIpc) is 3.00. The third-order valence-corrected chi connectivity index (χ3v) is 5.66. The van der Waals surface area contributed by atoms with Crippen molar-refractivity contribution < 1.29 is 4.79 Å². The molecule has 0 saturated carbocycles. The van der Waals surface area contributed by atoms with Crippen molar-refractivity contribution >= 4 is 17.7 Å². The number of rotatable bonds is 5. The molecule has 24 heavy (non-hydrogen) atoms. The standard InChI is InChI=1S/C18H24N4OS/c1-14(24-18-20-19-13-21(18)2)17(23)22-11-7-6-10-16(22)12-15-8-4-3-5-9-15/h3-5,8-9,13-14,16H,6-7,10-12H2,1-2H3/t14-,16-/m0/s1. The molecular formula is C18H24N4OS. The first-order valence-corrected chi connectivity index (χ1v) is 9.38. The van der Waals surface area contributed by atoms with Gasteiger partial charge in [-0.3, -0.25) is 4.79 Å². The molecular weight excluding hydrogens is 320 g/mol. The van der Waals surface area contributed by atoms with Gasteiger partial charge in [0.1, 0.15) is 6.33 Å². The summed E-state index contributed by atoms with van der Waals surface area (Å²) in [6.07, 6.45) is 5.99. The number of likely N-dealkylation sites (tertiary alicyclic amines) is 1. The highest BCUT2D eigenvalue weighted by atomic mass is 32.2. The van der Waals surface area contributed by atoms with Gasteiger partial charge in [-0.1, -0.05) is 42.1 Å². The Bertz CT molecular complexity index is 673. The van der Waals surface area contributed by atoms with Crippen molar-refractivity contribution in [2.75, 3.05) is 6.54 Å². The lowest BCUT2D eigenvalue weighted by Crippen LogP contribution is -2.47. The Hall–Kier alpha value is -1.82. The maximum Gasteiger partial charge on any atom is 0.236 e. The minimum absolute atomic E-state index is 0.149. The van der Waals surface area contributed by atoms with Crippen LogP contribution in [0.3, 0.4) is 0 Å². The van der Waals surface area contributed by atoms with Crippen LogP contribution >= 0.6 is 11.8 Å². The second-order valence-corrected chi connectivity index (χ2v) is 7.66. The second kappa shape index (κ2) is 7.83. The second-order valence-electron chi connectivity index (χ2n) is 6.36. The molecule has 2 heterocycles. The normalized spacial score (nSPS) is 19.2. The SMILES string of the molecule is C[C@H](Sc1nncn1C)C(=O)N1CCCC[C@H]1Cc1ccccc1. The highest BCUT2D eigenvalue weighted by Crippen LogP contribution is 2.26. The minimum Gasteiger partial charge on any atom is -0.338 e. The molecule has 0 aliphatic carbocycles. The minimum atomic E-state index is -0.149. The van der Waals surface area contributed by atoms with E-state index in [-0.39, 0.29) is 11.2 Å². The summed E-state index contributed by atoms with van der Waals surface area (Å²) >= 11 is 1.49. The molecule has 0 N–H and O–H groups in total. The van der Waals surface area contributed by atoms with Gasteiger partial charge in [0.05, 0.1) is 5.25 Å². The fraction of sp³-hybridized carbons (Fsp3) is 0.500. The van der Waals surface area contributed by atoms with Crippen molar-refractivity contribution in [1.29, 1.82) is 0 Å². The monoisotopic (exact) mass is 344 g/mol. The van der Waals surface area contributed by atoms with Crippen LogP contribution in [0.15, 0.2) is 41.8 Å². The lowest BCUT2D eigenvalue weighted by molar-refractivity contribution is -0.133. The first-order chi connectivity index (χ1) is 11.6. The largest absolute Gasteiger partial charge is 0.338 e. The van der Waals surface area contributed by atoms with E-state index in [0.29, 0.717) is 6.04 Å². The molecule has 0 bridgehead atoms. The molecule has 1 aliphatic heterocycles. The molecule has 6 heteroatoms. The summed E-state index contributed by atoms with van der Waals surface area (Å²) < 4.78 is 1.85.